The predicted molar refractivity (Wildman–Crippen MR) is 111 cm³/mol. The van der Waals surface area contributed by atoms with E-state index in [9.17, 15) is 20.1 Å². The maximum absolute atomic E-state index is 11.7. The topological polar surface area (TPSA) is 77.8 Å². The number of hydrogen-bond donors (Lipinski definition) is 3. The molecule has 0 heterocycles. The van der Waals surface area contributed by atoms with Crippen molar-refractivity contribution in [1.82, 2.24) is 0 Å². The maximum atomic E-state index is 11.7. The van der Waals surface area contributed by atoms with Crippen LogP contribution in [0.4, 0.5) is 0 Å². The molecule has 0 bridgehead atoms. The Morgan fingerprint density at radius 1 is 1.04 bits per heavy atom. The first-order chi connectivity index (χ1) is 12.8. The van der Waals surface area contributed by atoms with E-state index in [0.29, 0.717) is 18.4 Å². The molecule has 0 saturated carbocycles. The Kier molecular flexibility index (Phi) is 9.70. The summed E-state index contributed by atoms with van der Waals surface area (Å²) in [5.41, 5.74) is 3.03. The molecule has 0 saturated heterocycles. The molecule has 0 atom stereocenters. The minimum absolute atomic E-state index is 0.0349. The average molecular weight is 375 g/mol. The summed E-state index contributed by atoms with van der Waals surface area (Å²) < 4.78 is 0. The smallest absolute Gasteiger partial charge is 0.339 e. The first-order valence-electron chi connectivity index (χ1n) is 9.86. The van der Waals surface area contributed by atoms with Crippen LogP contribution in [0.25, 0.3) is 0 Å². The fraction of sp³-hybridized carbons (Fsp3) is 0.522. The Labute approximate surface area is 163 Å². The van der Waals surface area contributed by atoms with E-state index in [1.54, 1.807) is 0 Å². The second-order valence-electron chi connectivity index (χ2n) is 7.47. The van der Waals surface area contributed by atoms with Gasteiger partial charge in [0.1, 0.15) is 17.1 Å². The first kappa shape index (κ1) is 22.8. The number of hydrogen-bond acceptors (Lipinski definition) is 3. The molecule has 0 radical (unpaired) electrons. The van der Waals surface area contributed by atoms with Gasteiger partial charge in [0.2, 0.25) is 0 Å². The van der Waals surface area contributed by atoms with Gasteiger partial charge in [-0.05, 0) is 58.1 Å². The number of phenols is 2. The van der Waals surface area contributed by atoms with Crippen LogP contribution in [-0.2, 0) is 12.8 Å². The number of benzene rings is 1. The van der Waals surface area contributed by atoms with Crippen molar-refractivity contribution in [3.05, 3.63) is 46.1 Å². The zero-order valence-corrected chi connectivity index (χ0v) is 17.1. The van der Waals surface area contributed by atoms with Crippen molar-refractivity contribution in [2.75, 3.05) is 0 Å². The number of aryl methyl sites for hydroxylation is 1. The van der Waals surface area contributed by atoms with E-state index < -0.39 is 5.97 Å². The Bertz CT molecular complexity index is 695. The number of phenolic OH excluding ortho intramolecular Hbond substituents is 1. The van der Waals surface area contributed by atoms with Crippen molar-refractivity contribution in [1.29, 1.82) is 0 Å². The molecular weight excluding hydrogens is 340 g/mol. The normalized spacial score (nSPS) is 11.5. The molecule has 3 N–H and O–H groups in total. The number of rotatable bonds is 11. The van der Waals surface area contributed by atoms with Crippen molar-refractivity contribution in [3.63, 3.8) is 0 Å². The SMILES string of the molecule is CCCCCCCc1cc(O)c(C/C=C(/C)CC=C(C)C)c(O)c1C(=O)O. The van der Waals surface area contributed by atoms with Gasteiger partial charge < -0.3 is 15.3 Å². The lowest BCUT2D eigenvalue weighted by Gasteiger charge is -2.14. The van der Waals surface area contributed by atoms with E-state index in [2.05, 4.69) is 13.0 Å². The van der Waals surface area contributed by atoms with E-state index in [1.165, 1.54) is 18.1 Å². The Morgan fingerprint density at radius 3 is 2.30 bits per heavy atom. The summed E-state index contributed by atoms with van der Waals surface area (Å²) >= 11 is 0. The minimum Gasteiger partial charge on any atom is -0.508 e. The van der Waals surface area contributed by atoms with Crippen LogP contribution < -0.4 is 0 Å². The van der Waals surface area contributed by atoms with Gasteiger partial charge in [0.25, 0.3) is 0 Å². The number of carboxylic acids is 1. The molecule has 27 heavy (non-hydrogen) atoms. The summed E-state index contributed by atoms with van der Waals surface area (Å²) in [5.74, 6) is -1.49. The van der Waals surface area contributed by atoms with Gasteiger partial charge in [-0.2, -0.15) is 0 Å². The third-order valence-corrected chi connectivity index (χ3v) is 4.71. The van der Waals surface area contributed by atoms with Crippen molar-refractivity contribution in [3.8, 4) is 11.5 Å². The second kappa shape index (κ2) is 11.5. The van der Waals surface area contributed by atoms with Gasteiger partial charge in [0, 0.05) is 5.56 Å². The molecule has 0 amide bonds. The molecule has 1 aromatic rings. The van der Waals surface area contributed by atoms with Crippen LogP contribution in [0.2, 0.25) is 0 Å². The third-order valence-electron chi connectivity index (χ3n) is 4.71. The number of aromatic carboxylic acids is 1. The van der Waals surface area contributed by atoms with Gasteiger partial charge in [-0.3, -0.25) is 0 Å². The molecule has 0 aromatic heterocycles. The minimum atomic E-state index is -1.15. The highest BCUT2D eigenvalue weighted by Gasteiger charge is 2.21. The summed E-state index contributed by atoms with van der Waals surface area (Å²) in [6.45, 7) is 8.19. The van der Waals surface area contributed by atoms with Gasteiger partial charge >= 0.3 is 5.97 Å². The van der Waals surface area contributed by atoms with Gasteiger partial charge in [0.05, 0.1) is 0 Å². The molecule has 0 aliphatic heterocycles. The van der Waals surface area contributed by atoms with Crippen LogP contribution >= 0.6 is 0 Å². The van der Waals surface area contributed by atoms with Gasteiger partial charge in [-0.15, -0.1) is 0 Å². The van der Waals surface area contributed by atoms with Gasteiger partial charge in [-0.1, -0.05) is 55.9 Å². The molecule has 0 aliphatic carbocycles. The number of aromatic hydroxyl groups is 2. The highest BCUT2D eigenvalue weighted by molar-refractivity contribution is 5.93. The number of allylic oxidation sites excluding steroid dienone is 4. The zero-order valence-electron chi connectivity index (χ0n) is 17.1. The predicted octanol–water partition coefficient (Wildman–Crippen LogP) is 6.15. The molecule has 0 fully saturated rings. The van der Waals surface area contributed by atoms with Crippen molar-refractivity contribution < 1.29 is 20.1 Å². The molecule has 0 spiro atoms. The second-order valence-corrected chi connectivity index (χ2v) is 7.47. The molecule has 0 unspecified atom stereocenters. The standard InChI is InChI=1S/C23H34O4/c1-5-6-7-8-9-10-18-15-20(24)19(22(25)21(18)23(26)27)14-13-17(4)12-11-16(2)3/h11,13,15,24-25H,5-10,12,14H2,1-4H3,(H,26,27)/b17-13-. The quantitative estimate of drug-likeness (QED) is 0.320. The van der Waals surface area contributed by atoms with E-state index in [0.717, 1.165) is 37.7 Å². The van der Waals surface area contributed by atoms with E-state index in [4.69, 9.17) is 0 Å². The first-order valence-corrected chi connectivity index (χ1v) is 9.86. The Balaban J connectivity index is 3.01. The highest BCUT2D eigenvalue weighted by atomic mass is 16.4. The monoisotopic (exact) mass is 374 g/mol. The Morgan fingerprint density at radius 2 is 1.70 bits per heavy atom. The van der Waals surface area contributed by atoms with Crippen molar-refractivity contribution >= 4 is 5.97 Å². The molecule has 4 nitrogen and oxygen atoms in total. The summed E-state index contributed by atoms with van der Waals surface area (Å²) in [6.07, 6.45) is 11.0. The summed E-state index contributed by atoms with van der Waals surface area (Å²) in [6, 6.07) is 1.51. The van der Waals surface area contributed by atoms with Crippen LogP contribution in [0.15, 0.2) is 29.4 Å². The maximum Gasteiger partial charge on any atom is 0.339 e. The van der Waals surface area contributed by atoms with Crippen LogP contribution in [0.5, 0.6) is 11.5 Å². The third kappa shape index (κ3) is 7.49. The highest BCUT2D eigenvalue weighted by Crippen LogP contribution is 2.35. The molecule has 0 aliphatic rings. The largest absolute Gasteiger partial charge is 0.508 e. The number of unbranched alkanes of at least 4 members (excludes halogenated alkanes) is 4. The van der Waals surface area contributed by atoms with Crippen LogP contribution in [0.1, 0.15) is 87.7 Å². The van der Waals surface area contributed by atoms with Crippen LogP contribution in [-0.4, -0.2) is 21.3 Å². The van der Waals surface area contributed by atoms with Crippen LogP contribution in [0.3, 0.4) is 0 Å². The average Bonchev–Trinajstić information content (AvgIpc) is 2.58. The number of carboxylic acid groups (broad SMARTS) is 1. The van der Waals surface area contributed by atoms with Gasteiger partial charge in [-0.25, -0.2) is 4.79 Å². The fourth-order valence-electron chi connectivity index (χ4n) is 3.03. The molecular formula is C23H34O4. The Hall–Kier alpha value is -2.23. The number of carbonyl (C=O) groups is 1. The molecule has 1 aromatic carbocycles. The van der Waals surface area contributed by atoms with Crippen molar-refractivity contribution in [2.45, 2.75) is 79.1 Å². The van der Waals surface area contributed by atoms with Gasteiger partial charge in [0.15, 0.2) is 0 Å². The van der Waals surface area contributed by atoms with Crippen LogP contribution in [0, 0.1) is 0 Å². The van der Waals surface area contributed by atoms with E-state index >= 15 is 0 Å². The summed E-state index contributed by atoms with van der Waals surface area (Å²) in [5, 5.41) is 30.4. The lowest BCUT2D eigenvalue weighted by atomic mass is 9.94. The van der Waals surface area contributed by atoms with E-state index in [1.807, 2.05) is 26.8 Å². The van der Waals surface area contributed by atoms with Crippen molar-refractivity contribution in [2.24, 2.45) is 0 Å². The van der Waals surface area contributed by atoms with E-state index in [-0.39, 0.29) is 22.6 Å². The fourth-order valence-corrected chi connectivity index (χ4v) is 3.03. The summed E-state index contributed by atoms with van der Waals surface area (Å²) in [4.78, 5) is 11.7. The molecule has 1 rings (SSSR count). The lowest BCUT2D eigenvalue weighted by Crippen LogP contribution is -2.05. The summed E-state index contributed by atoms with van der Waals surface area (Å²) in [7, 11) is 0. The lowest BCUT2D eigenvalue weighted by molar-refractivity contribution is 0.0692. The molecule has 150 valence electrons. The molecule has 4 heteroatoms. The zero-order chi connectivity index (χ0) is 20.4.